The number of alkyl halides is 1. The van der Waals surface area contributed by atoms with Crippen LogP contribution in [0.25, 0.3) is 0 Å². The van der Waals surface area contributed by atoms with Gasteiger partial charge in [-0.15, -0.1) is 0 Å². The molecule has 1 aromatic carbocycles. The second-order valence-electron chi connectivity index (χ2n) is 4.03. The van der Waals surface area contributed by atoms with Gasteiger partial charge in [-0.1, -0.05) is 28.1 Å². The van der Waals surface area contributed by atoms with Crippen molar-refractivity contribution in [2.45, 2.75) is 31.5 Å². The summed E-state index contributed by atoms with van der Waals surface area (Å²) >= 11 is 3.40. The first-order valence-electron chi connectivity index (χ1n) is 5.37. The monoisotopic (exact) mass is 271 g/mol. The molecule has 1 N–H and O–H groups in total. The predicted molar refractivity (Wildman–Crippen MR) is 63.8 cm³/mol. The smallest absolute Gasteiger partial charge is 0.115 e. The Labute approximate surface area is 98.2 Å². The van der Waals surface area contributed by atoms with E-state index in [1.54, 1.807) is 0 Å². The van der Waals surface area contributed by atoms with E-state index in [2.05, 4.69) is 33.4 Å². The van der Waals surface area contributed by atoms with E-state index in [4.69, 9.17) is 0 Å². The van der Waals surface area contributed by atoms with Crippen LogP contribution in [0.3, 0.4) is 0 Å². The van der Waals surface area contributed by atoms with Crippen LogP contribution in [0.1, 0.15) is 18.4 Å². The lowest BCUT2D eigenvalue weighted by Gasteiger charge is -2.31. The highest BCUT2D eigenvalue weighted by Gasteiger charge is 2.29. The van der Waals surface area contributed by atoms with Crippen LogP contribution < -0.4 is 5.32 Å². The summed E-state index contributed by atoms with van der Waals surface area (Å²) in [5.41, 5.74) is 1.29. The maximum atomic E-state index is 12.9. The van der Waals surface area contributed by atoms with E-state index in [-0.39, 0.29) is 6.04 Å². The molecule has 0 heterocycles. The van der Waals surface area contributed by atoms with Crippen molar-refractivity contribution in [3.05, 3.63) is 34.3 Å². The molecule has 3 heteroatoms. The molecule has 0 saturated heterocycles. The number of hydrogen-bond acceptors (Lipinski definition) is 1. The highest BCUT2D eigenvalue weighted by atomic mass is 79.9. The fraction of sp³-hybridized carbons (Fsp3) is 0.500. The third-order valence-electron chi connectivity index (χ3n) is 2.92. The highest BCUT2D eigenvalue weighted by molar-refractivity contribution is 9.10. The van der Waals surface area contributed by atoms with Crippen LogP contribution in [0.5, 0.6) is 0 Å². The second-order valence-corrected chi connectivity index (χ2v) is 4.95. The molecular formula is C12H15BrFN. The van der Waals surface area contributed by atoms with E-state index >= 15 is 0 Å². The molecule has 1 aromatic rings. The molecule has 2 atom stereocenters. The molecule has 1 saturated carbocycles. The lowest BCUT2D eigenvalue weighted by atomic mass is 9.90. The van der Waals surface area contributed by atoms with Crippen LogP contribution in [0, 0.1) is 0 Å². The van der Waals surface area contributed by atoms with Gasteiger partial charge in [-0.25, -0.2) is 4.39 Å². The van der Waals surface area contributed by atoms with Gasteiger partial charge in [0.1, 0.15) is 6.17 Å². The molecular weight excluding hydrogens is 257 g/mol. The number of rotatable bonds is 4. The van der Waals surface area contributed by atoms with Gasteiger partial charge in [0.15, 0.2) is 0 Å². The summed E-state index contributed by atoms with van der Waals surface area (Å²) in [5, 5.41) is 3.25. The molecule has 15 heavy (non-hydrogen) atoms. The zero-order chi connectivity index (χ0) is 10.7. The molecule has 0 aromatic heterocycles. The SMILES string of the molecule is FC1CCC1NCCc1ccc(Br)cc1. The Hall–Kier alpha value is -0.410. The lowest BCUT2D eigenvalue weighted by Crippen LogP contribution is -2.46. The van der Waals surface area contributed by atoms with Gasteiger partial charge in [-0.3, -0.25) is 0 Å². The van der Waals surface area contributed by atoms with Gasteiger partial charge in [0, 0.05) is 10.5 Å². The van der Waals surface area contributed by atoms with Crippen LogP contribution >= 0.6 is 15.9 Å². The first-order valence-corrected chi connectivity index (χ1v) is 6.17. The molecule has 1 nitrogen and oxygen atoms in total. The van der Waals surface area contributed by atoms with Crippen LogP contribution in [-0.4, -0.2) is 18.8 Å². The molecule has 2 rings (SSSR count). The fourth-order valence-corrected chi connectivity index (χ4v) is 2.01. The predicted octanol–water partition coefficient (Wildman–Crippen LogP) is 3.08. The van der Waals surface area contributed by atoms with Gasteiger partial charge in [-0.05, 0) is 43.5 Å². The number of halogens is 2. The Balaban J connectivity index is 1.71. The average molecular weight is 272 g/mol. The van der Waals surface area contributed by atoms with Gasteiger partial charge < -0.3 is 5.32 Å². The Kier molecular flexibility index (Phi) is 3.76. The van der Waals surface area contributed by atoms with Gasteiger partial charge >= 0.3 is 0 Å². The summed E-state index contributed by atoms with van der Waals surface area (Å²) in [6, 6.07) is 8.38. The third-order valence-corrected chi connectivity index (χ3v) is 3.45. The molecule has 0 aliphatic heterocycles. The van der Waals surface area contributed by atoms with Gasteiger partial charge in [0.05, 0.1) is 0 Å². The van der Waals surface area contributed by atoms with E-state index in [0.29, 0.717) is 0 Å². The maximum Gasteiger partial charge on any atom is 0.115 e. The van der Waals surface area contributed by atoms with E-state index in [1.165, 1.54) is 5.56 Å². The van der Waals surface area contributed by atoms with Crippen LogP contribution in [0.4, 0.5) is 4.39 Å². The minimum atomic E-state index is -0.616. The van der Waals surface area contributed by atoms with E-state index in [1.807, 2.05) is 12.1 Å². The summed E-state index contributed by atoms with van der Waals surface area (Å²) in [4.78, 5) is 0. The summed E-state index contributed by atoms with van der Waals surface area (Å²) in [6.07, 6.45) is 2.07. The van der Waals surface area contributed by atoms with Gasteiger partial charge in [0.2, 0.25) is 0 Å². The van der Waals surface area contributed by atoms with Gasteiger partial charge in [-0.2, -0.15) is 0 Å². The van der Waals surface area contributed by atoms with Crippen molar-refractivity contribution >= 4 is 15.9 Å². The quantitative estimate of drug-likeness (QED) is 0.888. The Morgan fingerprint density at radius 1 is 1.27 bits per heavy atom. The Morgan fingerprint density at radius 3 is 2.53 bits per heavy atom. The summed E-state index contributed by atoms with van der Waals surface area (Å²) < 4.78 is 14.0. The van der Waals surface area contributed by atoms with Crippen molar-refractivity contribution in [1.29, 1.82) is 0 Å². The zero-order valence-electron chi connectivity index (χ0n) is 8.55. The minimum absolute atomic E-state index is 0.112. The maximum absolute atomic E-state index is 12.9. The molecule has 0 bridgehead atoms. The summed E-state index contributed by atoms with van der Waals surface area (Å²) in [7, 11) is 0. The second kappa shape index (κ2) is 5.08. The van der Waals surface area contributed by atoms with Crippen molar-refractivity contribution < 1.29 is 4.39 Å². The number of benzene rings is 1. The largest absolute Gasteiger partial charge is 0.311 e. The molecule has 82 valence electrons. The Morgan fingerprint density at radius 2 is 2.00 bits per heavy atom. The lowest BCUT2D eigenvalue weighted by molar-refractivity contribution is 0.143. The fourth-order valence-electron chi connectivity index (χ4n) is 1.74. The van der Waals surface area contributed by atoms with E-state index in [9.17, 15) is 4.39 Å². The first kappa shape index (κ1) is 11.1. The molecule has 0 radical (unpaired) electrons. The van der Waals surface area contributed by atoms with Crippen LogP contribution in [0.15, 0.2) is 28.7 Å². The molecule has 1 aliphatic rings. The van der Waals surface area contributed by atoms with E-state index < -0.39 is 6.17 Å². The van der Waals surface area contributed by atoms with Crippen molar-refractivity contribution in [3.8, 4) is 0 Å². The summed E-state index contributed by atoms with van der Waals surface area (Å²) in [6.45, 7) is 0.868. The Bertz CT molecular complexity index is 312. The van der Waals surface area contributed by atoms with E-state index in [0.717, 1.165) is 30.3 Å². The van der Waals surface area contributed by atoms with Crippen LogP contribution in [0.2, 0.25) is 0 Å². The van der Waals surface area contributed by atoms with Crippen molar-refractivity contribution in [2.75, 3.05) is 6.54 Å². The normalized spacial score (nSPS) is 24.9. The molecule has 1 aliphatic carbocycles. The zero-order valence-corrected chi connectivity index (χ0v) is 10.1. The standard InChI is InChI=1S/C12H15BrFN/c13-10-3-1-9(2-4-10)7-8-15-12-6-5-11(12)14/h1-4,11-12,15H,5-8H2. The first-order chi connectivity index (χ1) is 7.25. The van der Waals surface area contributed by atoms with Crippen LogP contribution in [-0.2, 0) is 6.42 Å². The molecule has 1 fully saturated rings. The van der Waals surface area contributed by atoms with Crippen molar-refractivity contribution in [3.63, 3.8) is 0 Å². The van der Waals surface area contributed by atoms with Crippen molar-refractivity contribution in [1.82, 2.24) is 5.32 Å². The molecule has 2 unspecified atom stereocenters. The van der Waals surface area contributed by atoms with Gasteiger partial charge in [0.25, 0.3) is 0 Å². The number of nitrogens with one attached hydrogen (secondary N) is 1. The minimum Gasteiger partial charge on any atom is -0.311 e. The molecule has 0 spiro atoms. The number of hydrogen-bond donors (Lipinski definition) is 1. The van der Waals surface area contributed by atoms with Crippen molar-refractivity contribution in [2.24, 2.45) is 0 Å². The topological polar surface area (TPSA) is 12.0 Å². The third kappa shape index (κ3) is 3.02. The average Bonchev–Trinajstić information content (AvgIpc) is 2.25. The summed E-state index contributed by atoms with van der Waals surface area (Å²) in [5.74, 6) is 0. The molecule has 0 amide bonds. The highest BCUT2D eigenvalue weighted by Crippen LogP contribution is 2.22.